The maximum atomic E-state index is 11.9. The lowest BCUT2D eigenvalue weighted by Gasteiger charge is -2.16. The van der Waals surface area contributed by atoms with Crippen molar-refractivity contribution in [3.63, 3.8) is 0 Å². The van der Waals surface area contributed by atoms with Crippen molar-refractivity contribution >= 4 is 5.91 Å². The van der Waals surface area contributed by atoms with Gasteiger partial charge in [0.2, 0.25) is 5.91 Å². The molecule has 0 saturated carbocycles. The summed E-state index contributed by atoms with van der Waals surface area (Å²) in [4.78, 5) is 13.8. The van der Waals surface area contributed by atoms with E-state index in [0.717, 1.165) is 25.9 Å². The molecule has 17 heavy (non-hydrogen) atoms. The van der Waals surface area contributed by atoms with Crippen LogP contribution in [0.15, 0.2) is 30.3 Å². The molecule has 0 spiro atoms. The molecule has 3 heteroatoms. The van der Waals surface area contributed by atoms with Crippen LogP contribution in [0.25, 0.3) is 0 Å². The number of benzene rings is 1. The maximum absolute atomic E-state index is 11.9. The van der Waals surface area contributed by atoms with Gasteiger partial charge < -0.3 is 10.0 Å². The molecule has 1 saturated heterocycles. The lowest BCUT2D eigenvalue weighted by molar-refractivity contribution is -0.130. The summed E-state index contributed by atoms with van der Waals surface area (Å²) in [7, 11) is 0. The lowest BCUT2D eigenvalue weighted by Crippen LogP contribution is -2.29. The molecule has 92 valence electrons. The normalized spacial score (nSPS) is 19.6. The van der Waals surface area contributed by atoms with E-state index >= 15 is 0 Å². The average molecular weight is 233 g/mol. The van der Waals surface area contributed by atoms with Crippen molar-refractivity contribution in [3.8, 4) is 0 Å². The average Bonchev–Trinajstić information content (AvgIpc) is 2.86. The van der Waals surface area contributed by atoms with Crippen LogP contribution in [0.1, 0.15) is 18.4 Å². The molecule has 1 aliphatic rings. The third-order valence-corrected chi connectivity index (χ3v) is 3.37. The summed E-state index contributed by atoms with van der Waals surface area (Å²) >= 11 is 0. The van der Waals surface area contributed by atoms with Crippen LogP contribution < -0.4 is 0 Å². The highest BCUT2D eigenvalue weighted by Crippen LogP contribution is 2.16. The van der Waals surface area contributed by atoms with Gasteiger partial charge in [-0.2, -0.15) is 0 Å². The number of likely N-dealkylation sites (tertiary alicyclic amines) is 1. The van der Waals surface area contributed by atoms with Crippen LogP contribution in [0.2, 0.25) is 0 Å². The molecule has 1 N–H and O–H groups in total. The summed E-state index contributed by atoms with van der Waals surface area (Å²) < 4.78 is 0. The van der Waals surface area contributed by atoms with Crippen LogP contribution in [0.3, 0.4) is 0 Å². The van der Waals surface area contributed by atoms with Crippen molar-refractivity contribution in [1.82, 2.24) is 4.90 Å². The lowest BCUT2D eigenvalue weighted by atomic mass is 10.1. The summed E-state index contributed by atoms with van der Waals surface area (Å²) in [6, 6.07) is 10.1. The van der Waals surface area contributed by atoms with Crippen molar-refractivity contribution in [2.75, 3.05) is 19.7 Å². The fraction of sp³-hybridized carbons (Fsp3) is 0.500. The van der Waals surface area contributed by atoms with Gasteiger partial charge in [-0.15, -0.1) is 0 Å². The zero-order valence-electron chi connectivity index (χ0n) is 10.0. The number of hydrogen-bond donors (Lipinski definition) is 1. The summed E-state index contributed by atoms with van der Waals surface area (Å²) in [5, 5.41) is 9.04. The molecule has 2 rings (SSSR count). The number of aliphatic hydroxyl groups is 1. The Hall–Kier alpha value is -1.35. The first-order chi connectivity index (χ1) is 8.29. The molecule has 0 unspecified atom stereocenters. The third-order valence-electron chi connectivity index (χ3n) is 3.37. The number of carbonyl (C=O) groups excluding carboxylic acids is 1. The predicted octanol–water partition coefficient (Wildman–Crippen LogP) is 1.46. The Morgan fingerprint density at radius 1 is 1.35 bits per heavy atom. The smallest absolute Gasteiger partial charge is 0.222 e. The quantitative estimate of drug-likeness (QED) is 0.855. The van der Waals surface area contributed by atoms with Gasteiger partial charge in [0.25, 0.3) is 0 Å². The topological polar surface area (TPSA) is 40.5 Å². The molecule has 1 atom stereocenters. The molecule has 1 aliphatic heterocycles. The first-order valence-corrected chi connectivity index (χ1v) is 6.22. The third kappa shape index (κ3) is 3.30. The number of nitrogens with zero attached hydrogens (tertiary/aromatic N) is 1. The Balaban J connectivity index is 1.78. The molecule has 0 aliphatic carbocycles. The zero-order chi connectivity index (χ0) is 12.1. The summed E-state index contributed by atoms with van der Waals surface area (Å²) in [5.74, 6) is 0.500. The van der Waals surface area contributed by atoms with E-state index in [9.17, 15) is 4.79 Å². The van der Waals surface area contributed by atoms with Gasteiger partial charge in [-0.05, 0) is 18.4 Å². The van der Waals surface area contributed by atoms with Gasteiger partial charge in [0, 0.05) is 32.0 Å². The van der Waals surface area contributed by atoms with Crippen molar-refractivity contribution in [3.05, 3.63) is 35.9 Å². The second-order valence-corrected chi connectivity index (χ2v) is 4.66. The molecule has 0 radical (unpaired) electrons. The van der Waals surface area contributed by atoms with E-state index < -0.39 is 0 Å². The van der Waals surface area contributed by atoms with Crippen LogP contribution in [-0.2, 0) is 11.2 Å². The Morgan fingerprint density at radius 3 is 2.76 bits per heavy atom. The number of carbonyl (C=O) groups is 1. The van der Waals surface area contributed by atoms with Gasteiger partial charge >= 0.3 is 0 Å². The minimum atomic E-state index is 0.197. The molecule has 0 bridgehead atoms. The SMILES string of the molecule is O=C(CCc1ccccc1)N1CC[C@@H](CO)C1. The monoisotopic (exact) mass is 233 g/mol. The van der Waals surface area contributed by atoms with Gasteiger partial charge in [0.15, 0.2) is 0 Å². The van der Waals surface area contributed by atoms with Crippen LogP contribution >= 0.6 is 0 Å². The Kier molecular flexibility index (Phi) is 4.15. The van der Waals surface area contributed by atoms with Crippen molar-refractivity contribution in [2.24, 2.45) is 5.92 Å². The summed E-state index contributed by atoms with van der Waals surface area (Å²) in [5.41, 5.74) is 1.21. The standard InChI is InChI=1S/C14H19NO2/c16-11-13-8-9-15(10-13)14(17)7-6-12-4-2-1-3-5-12/h1-5,13,16H,6-11H2/t13-/m1/s1. The van der Waals surface area contributed by atoms with E-state index in [-0.39, 0.29) is 18.4 Å². The molecular formula is C14H19NO2. The largest absolute Gasteiger partial charge is 0.396 e. The molecule has 0 aromatic heterocycles. The minimum Gasteiger partial charge on any atom is -0.396 e. The highest BCUT2D eigenvalue weighted by atomic mass is 16.3. The molecule has 1 aromatic carbocycles. The molecule has 1 heterocycles. The number of hydrogen-bond acceptors (Lipinski definition) is 2. The van der Waals surface area contributed by atoms with Crippen LogP contribution in [0.5, 0.6) is 0 Å². The van der Waals surface area contributed by atoms with E-state index in [0.29, 0.717) is 6.42 Å². The molecule has 1 aromatic rings. The van der Waals surface area contributed by atoms with Crippen molar-refractivity contribution in [1.29, 1.82) is 0 Å². The Labute approximate surface area is 102 Å². The zero-order valence-corrected chi connectivity index (χ0v) is 10.0. The second-order valence-electron chi connectivity index (χ2n) is 4.66. The molecule has 3 nitrogen and oxygen atoms in total. The fourth-order valence-corrected chi connectivity index (χ4v) is 2.26. The number of aliphatic hydroxyl groups excluding tert-OH is 1. The van der Waals surface area contributed by atoms with E-state index in [1.807, 2.05) is 35.2 Å². The van der Waals surface area contributed by atoms with Crippen LogP contribution in [0.4, 0.5) is 0 Å². The fourth-order valence-electron chi connectivity index (χ4n) is 2.26. The number of aryl methyl sites for hydroxylation is 1. The molecule has 1 fully saturated rings. The first-order valence-electron chi connectivity index (χ1n) is 6.22. The minimum absolute atomic E-state index is 0.197. The number of rotatable bonds is 4. The van der Waals surface area contributed by atoms with Gasteiger partial charge in [0.1, 0.15) is 0 Å². The highest BCUT2D eigenvalue weighted by Gasteiger charge is 2.24. The Morgan fingerprint density at radius 2 is 2.12 bits per heavy atom. The van der Waals surface area contributed by atoms with Crippen LogP contribution in [0, 0.1) is 5.92 Å². The van der Waals surface area contributed by atoms with Crippen LogP contribution in [-0.4, -0.2) is 35.6 Å². The van der Waals surface area contributed by atoms with E-state index in [4.69, 9.17) is 5.11 Å². The van der Waals surface area contributed by atoms with Crippen molar-refractivity contribution in [2.45, 2.75) is 19.3 Å². The van der Waals surface area contributed by atoms with E-state index in [1.165, 1.54) is 5.56 Å². The molecule has 1 amide bonds. The summed E-state index contributed by atoms with van der Waals surface area (Å²) in [6.45, 7) is 1.73. The molecular weight excluding hydrogens is 214 g/mol. The highest BCUT2D eigenvalue weighted by molar-refractivity contribution is 5.76. The Bertz CT molecular complexity index is 364. The predicted molar refractivity (Wildman–Crippen MR) is 66.5 cm³/mol. The van der Waals surface area contributed by atoms with Gasteiger partial charge in [-0.1, -0.05) is 30.3 Å². The van der Waals surface area contributed by atoms with Crippen molar-refractivity contribution < 1.29 is 9.90 Å². The number of amides is 1. The maximum Gasteiger partial charge on any atom is 0.222 e. The summed E-state index contributed by atoms with van der Waals surface area (Å²) in [6.07, 6.45) is 2.32. The van der Waals surface area contributed by atoms with Gasteiger partial charge in [-0.3, -0.25) is 4.79 Å². The van der Waals surface area contributed by atoms with Gasteiger partial charge in [-0.25, -0.2) is 0 Å². The van der Waals surface area contributed by atoms with E-state index in [1.54, 1.807) is 0 Å². The first kappa shape index (κ1) is 12.1. The second kappa shape index (κ2) is 5.82. The van der Waals surface area contributed by atoms with Gasteiger partial charge in [0.05, 0.1) is 0 Å². The van der Waals surface area contributed by atoms with E-state index in [2.05, 4.69) is 0 Å².